The largest absolute Gasteiger partial charge is 0.359 e. The lowest BCUT2D eigenvalue weighted by Gasteiger charge is -2.54. The average Bonchev–Trinajstić information content (AvgIpc) is 3.29. The van der Waals surface area contributed by atoms with Gasteiger partial charge < -0.3 is 10.1 Å². The van der Waals surface area contributed by atoms with Gasteiger partial charge in [-0.3, -0.25) is 4.98 Å². The number of hydrogen-bond donors (Lipinski definition) is 1. The molecule has 2 aromatic rings. The average molecular weight is 399 g/mol. The van der Waals surface area contributed by atoms with Gasteiger partial charge in [0.1, 0.15) is 0 Å². The van der Waals surface area contributed by atoms with Crippen LogP contribution >= 0.6 is 0 Å². The Bertz CT molecular complexity index is 1120. The Labute approximate surface area is 178 Å². The van der Waals surface area contributed by atoms with E-state index in [0.717, 1.165) is 25.9 Å². The van der Waals surface area contributed by atoms with Crippen LogP contribution in [0.2, 0.25) is 0 Å². The van der Waals surface area contributed by atoms with Crippen LogP contribution in [0.25, 0.3) is 10.8 Å². The van der Waals surface area contributed by atoms with Gasteiger partial charge in [-0.05, 0) is 96.5 Å². The van der Waals surface area contributed by atoms with Crippen molar-refractivity contribution in [2.24, 2.45) is 11.3 Å². The van der Waals surface area contributed by atoms with Crippen molar-refractivity contribution < 1.29 is 4.74 Å². The van der Waals surface area contributed by atoms with Crippen molar-refractivity contribution in [1.29, 1.82) is 0 Å². The number of allylic oxidation sites excluding steroid dienone is 1. The summed E-state index contributed by atoms with van der Waals surface area (Å²) >= 11 is 0. The second-order valence-corrected chi connectivity index (χ2v) is 10.6. The van der Waals surface area contributed by atoms with Crippen LogP contribution < -0.4 is 5.32 Å². The van der Waals surface area contributed by atoms with Crippen LogP contribution in [0.15, 0.2) is 60.0 Å². The highest BCUT2D eigenvalue weighted by atomic mass is 16.5. The molecule has 3 fully saturated rings. The molecule has 3 nitrogen and oxygen atoms in total. The number of nitrogens with one attached hydrogen (secondary N) is 1. The highest BCUT2D eigenvalue weighted by Crippen LogP contribution is 2.68. The maximum absolute atomic E-state index is 7.23. The molecule has 30 heavy (non-hydrogen) atoms. The first-order valence-corrected chi connectivity index (χ1v) is 11.8. The highest BCUT2D eigenvalue weighted by molar-refractivity contribution is 5.82. The van der Waals surface area contributed by atoms with Gasteiger partial charge >= 0.3 is 0 Å². The third-order valence-corrected chi connectivity index (χ3v) is 9.43. The molecule has 1 aromatic carbocycles. The standard InChI is InChI=1S/C27H30N2O/c1-25-8-6-21-15-22-17-29-13-11-26(22)9-10-27(21,30-26)24(25)5-4-23(25)19-3-2-18-7-12-28-16-20(18)14-19/h2-3,6-7,12,14-16,23-24,29H,4-5,8-11,13,17H2,1H3/t23-,24-,25-,26-,27-/m1/s1. The van der Waals surface area contributed by atoms with Gasteiger partial charge in [0.05, 0.1) is 11.2 Å². The second-order valence-electron chi connectivity index (χ2n) is 10.6. The molecule has 5 atom stereocenters. The molecule has 3 heteroatoms. The first-order valence-electron chi connectivity index (χ1n) is 11.8. The van der Waals surface area contributed by atoms with Crippen molar-refractivity contribution in [3.8, 4) is 0 Å². The lowest BCUT2D eigenvalue weighted by atomic mass is 9.58. The number of ether oxygens (including phenoxy) is 1. The van der Waals surface area contributed by atoms with Crippen LogP contribution in [0.1, 0.15) is 56.9 Å². The third-order valence-electron chi connectivity index (χ3n) is 9.43. The molecule has 1 N–H and O–H groups in total. The molecule has 7 rings (SSSR count). The zero-order valence-corrected chi connectivity index (χ0v) is 17.8. The molecule has 0 amide bonds. The number of aromatic nitrogens is 1. The molecule has 1 saturated carbocycles. The second kappa shape index (κ2) is 5.83. The smallest absolute Gasteiger partial charge is 0.0975 e. The van der Waals surface area contributed by atoms with E-state index in [-0.39, 0.29) is 16.6 Å². The van der Waals surface area contributed by atoms with E-state index in [1.807, 2.05) is 12.4 Å². The predicted molar refractivity (Wildman–Crippen MR) is 119 cm³/mol. The van der Waals surface area contributed by atoms with Gasteiger partial charge in [0.25, 0.3) is 0 Å². The monoisotopic (exact) mass is 398 g/mol. The maximum atomic E-state index is 7.23. The van der Waals surface area contributed by atoms with Gasteiger partial charge in [-0.25, -0.2) is 0 Å². The summed E-state index contributed by atoms with van der Waals surface area (Å²) in [4.78, 5) is 4.36. The van der Waals surface area contributed by atoms with Gasteiger partial charge in [0.2, 0.25) is 0 Å². The van der Waals surface area contributed by atoms with Crippen molar-refractivity contribution in [3.05, 3.63) is 65.5 Å². The van der Waals surface area contributed by atoms with Crippen LogP contribution in [-0.2, 0) is 4.74 Å². The Morgan fingerprint density at radius 2 is 2.07 bits per heavy atom. The summed E-state index contributed by atoms with van der Waals surface area (Å²) in [6, 6.07) is 9.18. The Morgan fingerprint density at radius 1 is 1.10 bits per heavy atom. The van der Waals surface area contributed by atoms with E-state index in [2.05, 4.69) is 53.6 Å². The number of piperidine rings is 1. The molecule has 2 spiro atoms. The summed E-state index contributed by atoms with van der Waals surface area (Å²) < 4.78 is 7.23. The Morgan fingerprint density at radius 3 is 3.03 bits per heavy atom. The minimum absolute atomic E-state index is 0.0214. The van der Waals surface area contributed by atoms with E-state index in [1.54, 1.807) is 0 Å². The van der Waals surface area contributed by atoms with Gasteiger partial charge in [0.15, 0.2) is 0 Å². The van der Waals surface area contributed by atoms with Gasteiger partial charge in [-0.2, -0.15) is 0 Å². The predicted octanol–water partition coefficient (Wildman–Crippen LogP) is 5.29. The van der Waals surface area contributed by atoms with Crippen molar-refractivity contribution in [2.45, 2.75) is 62.6 Å². The molecule has 4 heterocycles. The number of pyridine rings is 1. The molecular formula is C27H30N2O. The number of rotatable bonds is 1. The first kappa shape index (κ1) is 17.7. The summed E-state index contributed by atoms with van der Waals surface area (Å²) in [5.74, 6) is 1.21. The topological polar surface area (TPSA) is 34.1 Å². The fourth-order valence-electron chi connectivity index (χ4n) is 7.93. The van der Waals surface area contributed by atoms with Crippen molar-refractivity contribution in [2.75, 3.05) is 13.1 Å². The van der Waals surface area contributed by atoms with E-state index >= 15 is 0 Å². The van der Waals surface area contributed by atoms with Crippen molar-refractivity contribution >= 4 is 10.8 Å². The molecule has 2 saturated heterocycles. The lowest BCUT2D eigenvalue weighted by molar-refractivity contribution is -0.132. The quantitative estimate of drug-likeness (QED) is 0.709. The molecule has 154 valence electrons. The van der Waals surface area contributed by atoms with E-state index in [4.69, 9.17) is 4.74 Å². The van der Waals surface area contributed by atoms with Crippen LogP contribution in [0.4, 0.5) is 0 Å². The summed E-state index contributed by atoms with van der Waals surface area (Å²) in [7, 11) is 0. The van der Waals surface area contributed by atoms with Crippen LogP contribution in [-0.4, -0.2) is 29.3 Å². The zero-order chi connectivity index (χ0) is 20.0. The number of nitrogens with zero attached hydrogens (tertiary/aromatic N) is 1. The summed E-state index contributed by atoms with van der Waals surface area (Å²) in [5, 5.41) is 6.12. The SMILES string of the molecule is C[C@]12CC=C3C=C4CNCC[C@]45CC[C@]3(O5)[C@@H]1CC[C@@H]2c1ccc2ccncc2c1. The van der Waals surface area contributed by atoms with Gasteiger partial charge in [0, 0.05) is 24.3 Å². The van der Waals surface area contributed by atoms with Crippen molar-refractivity contribution in [1.82, 2.24) is 10.3 Å². The lowest BCUT2D eigenvalue weighted by Crippen LogP contribution is -2.55. The molecule has 2 aliphatic carbocycles. The van der Waals surface area contributed by atoms with E-state index in [1.165, 1.54) is 53.2 Å². The van der Waals surface area contributed by atoms with Crippen LogP contribution in [0, 0.1) is 11.3 Å². The maximum Gasteiger partial charge on any atom is 0.0975 e. The summed E-state index contributed by atoms with van der Waals surface area (Å²) in [6.07, 6.45) is 16.2. The fourth-order valence-corrected chi connectivity index (χ4v) is 7.93. The Balaban J connectivity index is 1.32. The zero-order valence-electron chi connectivity index (χ0n) is 17.8. The normalized spacial score (nSPS) is 41.6. The molecule has 1 aromatic heterocycles. The summed E-state index contributed by atoms with van der Waals surface area (Å²) in [5.41, 5.74) is 4.75. The third kappa shape index (κ3) is 2.10. The van der Waals surface area contributed by atoms with Crippen molar-refractivity contribution in [3.63, 3.8) is 0 Å². The minimum atomic E-state index is -0.0407. The fraction of sp³-hybridized carbons (Fsp3) is 0.519. The molecule has 2 bridgehead atoms. The van der Waals surface area contributed by atoms with E-state index in [0.29, 0.717) is 11.8 Å². The van der Waals surface area contributed by atoms with Crippen LogP contribution in [0.5, 0.6) is 0 Å². The highest BCUT2D eigenvalue weighted by Gasteiger charge is 2.66. The Kier molecular flexibility index (Phi) is 3.44. The first-order chi connectivity index (χ1) is 14.6. The van der Waals surface area contributed by atoms with Crippen LogP contribution in [0.3, 0.4) is 0 Å². The minimum Gasteiger partial charge on any atom is -0.359 e. The van der Waals surface area contributed by atoms with E-state index in [9.17, 15) is 0 Å². The molecular weight excluding hydrogens is 368 g/mol. The Hall–Kier alpha value is -1.97. The number of benzene rings is 1. The summed E-state index contributed by atoms with van der Waals surface area (Å²) in [6.45, 7) is 4.64. The molecule has 5 aliphatic rings. The molecule has 3 aliphatic heterocycles. The van der Waals surface area contributed by atoms with Gasteiger partial charge in [-0.1, -0.05) is 31.2 Å². The molecule has 0 radical (unpaired) electrons. The number of hydrogen-bond acceptors (Lipinski definition) is 3. The van der Waals surface area contributed by atoms with E-state index < -0.39 is 0 Å². The molecule has 0 unspecified atom stereocenters. The van der Waals surface area contributed by atoms with Gasteiger partial charge in [-0.15, -0.1) is 0 Å². The number of fused-ring (bicyclic) bond motifs is 2.